The molecule has 1 nitrogen and oxygen atoms in total. The molecule has 132 valence electrons. The molecule has 1 aliphatic heterocycles. The smallest absolute Gasteiger partial charge is 0.250 e. The number of aryl methyl sites for hydroxylation is 1. The number of hydrogen-bond acceptors (Lipinski definition) is 1. The zero-order chi connectivity index (χ0) is 18.1. The van der Waals surface area contributed by atoms with Crippen molar-refractivity contribution in [2.75, 3.05) is 0 Å². The molecule has 1 aromatic rings. The van der Waals surface area contributed by atoms with Crippen LogP contribution >= 0.6 is 11.6 Å². The van der Waals surface area contributed by atoms with Gasteiger partial charge in [-0.15, -0.1) is 0 Å². The fraction of sp³-hybridized carbons (Fsp3) is 0.737. The maximum atomic E-state index is 13.4. The van der Waals surface area contributed by atoms with Crippen LogP contribution in [0.5, 0.6) is 0 Å². The first-order valence-corrected chi connectivity index (χ1v) is 9.20. The Balaban J connectivity index is 1.92. The summed E-state index contributed by atoms with van der Waals surface area (Å²) in [6.45, 7) is 13.6. The Morgan fingerprint density at radius 2 is 1.54 bits per heavy atom. The maximum absolute atomic E-state index is 13.4. The van der Waals surface area contributed by atoms with E-state index in [4.69, 9.17) is 16.6 Å². The third-order valence-corrected chi connectivity index (χ3v) is 7.15. The van der Waals surface area contributed by atoms with Crippen molar-refractivity contribution < 1.29 is 8.78 Å². The molecule has 3 rings (SSSR count). The zero-order valence-corrected chi connectivity index (χ0v) is 16.3. The molecule has 0 amide bonds. The van der Waals surface area contributed by atoms with E-state index in [-0.39, 0.29) is 23.7 Å². The Hall–Kier alpha value is -0.635. The number of alkyl halides is 2. The van der Waals surface area contributed by atoms with Crippen LogP contribution in [0.15, 0.2) is 6.07 Å². The fourth-order valence-electron chi connectivity index (χ4n) is 4.77. The predicted octanol–water partition coefficient (Wildman–Crippen LogP) is 5.50. The monoisotopic (exact) mass is 353 g/mol. The van der Waals surface area contributed by atoms with Gasteiger partial charge in [-0.1, -0.05) is 64.3 Å². The van der Waals surface area contributed by atoms with Crippen LogP contribution in [0.1, 0.15) is 58.8 Å². The van der Waals surface area contributed by atoms with Gasteiger partial charge >= 0.3 is 0 Å². The molecule has 0 aromatic carbocycles. The van der Waals surface area contributed by atoms with E-state index in [0.29, 0.717) is 17.4 Å². The van der Waals surface area contributed by atoms with Crippen molar-refractivity contribution >= 4 is 23.8 Å². The summed E-state index contributed by atoms with van der Waals surface area (Å²) in [6.07, 6.45) is 1.89. The third kappa shape index (κ3) is 2.79. The van der Waals surface area contributed by atoms with Crippen LogP contribution in [0.25, 0.3) is 0 Å². The second-order valence-corrected chi connectivity index (χ2v) is 10.0. The van der Waals surface area contributed by atoms with Gasteiger partial charge in [0, 0.05) is 24.0 Å². The zero-order valence-electron chi connectivity index (χ0n) is 15.6. The number of pyridine rings is 1. The van der Waals surface area contributed by atoms with E-state index in [2.05, 4.69) is 27.7 Å². The van der Waals surface area contributed by atoms with Crippen LogP contribution in [0.2, 0.25) is 17.7 Å². The van der Waals surface area contributed by atoms with Gasteiger partial charge in [0.15, 0.2) is 6.71 Å². The first kappa shape index (κ1) is 18.2. The number of halogens is 3. The van der Waals surface area contributed by atoms with Gasteiger partial charge in [0.2, 0.25) is 5.92 Å². The van der Waals surface area contributed by atoms with Gasteiger partial charge < -0.3 is 0 Å². The second-order valence-electron chi connectivity index (χ2n) is 9.64. The van der Waals surface area contributed by atoms with Gasteiger partial charge in [0.25, 0.3) is 0 Å². The molecule has 0 N–H and O–H groups in total. The Morgan fingerprint density at radius 1 is 1.04 bits per heavy atom. The van der Waals surface area contributed by atoms with Crippen LogP contribution in [0, 0.1) is 17.8 Å². The highest BCUT2D eigenvalue weighted by molar-refractivity contribution is 6.74. The summed E-state index contributed by atoms with van der Waals surface area (Å²) in [5, 5.41) is 0.552. The number of nitrogens with zero attached hydrogens (tertiary/aromatic N) is 1. The topological polar surface area (TPSA) is 12.9 Å². The van der Waals surface area contributed by atoms with Gasteiger partial charge in [-0.25, -0.2) is 8.78 Å². The molecule has 0 radical (unpaired) electrons. The second kappa shape index (κ2) is 5.19. The summed E-state index contributed by atoms with van der Waals surface area (Å²) < 4.78 is 26.8. The quantitative estimate of drug-likeness (QED) is 0.640. The summed E-state index contributed by atoms with van der Waals surface area (Å²) >= 11 is 6.50. The van der Waals surface area contributed by atoms with Crippen LogP contribution < -0.4 is 5.46 Å². The molecule has 0 unspecified atom stereocenters. The minimum Gasteiger partial charge on any atom is -0.257 e. The molecule has 0 bridgehead atoms. The molecule has 1 saturated heterocycles. The minimum absolute atomic E-state index is 0.158. The van der Waals surface area contributed by atoms with Crippen LogP contribution in [-0.2, 0) is 5.41 Å². The average Bonchev–Trinajstić information content (AvgIpc) is 2.58. The van der Waals surface area contributed by atoms with E-state index in [1.807, 2.05) is 19.9 Å². The van der Waals surface area contributed by atoms with Crippen LogP contribution in [0.3, 0.4) is 0 Å². The number of hydrogen-bond donors (Lipinski definition) is 0. The average molecular weight is 354 g/mol. The summed E-state index contributed by atoms with van der Waals surface area (Å²) in [4.78, 5) is 4.71. The molecule has 2 fully saturated rings. The largest absolute Gasteiger partial charge is 0.257 e. The summed E-state index contributed by atoms with van der Waals surface area (Å²) in [6, 6.07) is 2.00. The Labute approximate surface area is 149 Å². The fourth-order valence-corrected chi connectivity index (χ4v) is 5.15. The molecular weight excluding hydrogens is 326 g/mol. The van der Waals surface area contributed by atoms with Crippen molar-refractivity contribution in [3.63, 3.8) is 0 Å². The SMILES string of the molecule is Cc1nc(C2(C)CC(F)(F)C2)c(Cl)cc1B1CC(C)(C)C(C)(C)C1. The summed E-state index contributed by atoms with van der Waals surface area (Å²) in [5.41, 5.74) is 2.71. The molecule has 5 heteroatoms. The maximum Gasteiger partial charge on any atom is 0.250 e. The van der Waals surface area contributed by atoms with E-state index in [9.17, 15) is 8.78 Å². The van der Waals surface area contributed by atoms with Gasteiger partial charge in [-0.3, -0.25) is 4.98 Å². The molecule has 1 aliphatic carbocycles. The minimum atomic E-state index is -2.58. The van der Waals surface area contributed by atoms with Crippen molar-refractivity contribution in [2.45, 2.75) is 78.4 Å². The van der Waals surface area contributed by atoms with Crippen LogP contribution in [0.4, 0.5) is 8.78 Å². The Morgan fingerprint density at radius 3 is 2.00 bits per heavy atom. The first-order chi connectivity index (χ1) is 10.8. The first-order valence-electron chi connectivity index (χ1n) is 8.82. The predicted molar refractivity (Wildman–Crippen MR) is 98.1 cm³/mol. The van der Waals surface area contributed by atoms with E-state index in [1.54, 1.807) is 0 Å². The molecule has 2 aliphatic rings. The normalized spacial score (nSPS) is 26.3. The van der Waals surface area contributed by atoms with Gasteiger partial charge in [0.05, 0.1) is 10.7 Å². The summed E-state index contributed by atoms with van der Waals surface area (Å²) in [5.74, 6) is -2.58. The van der Waals surface area contributed by atoms with Gasteiger partial charge in [-0.05, 0) is 23.8 Å². The molecule has 1 saturated carbocycles. The van der Waals surface area contributed by atoms with Crippen molar-refractivity contribution in [1.29, 1.82) is 0 Å². The molecular formula is C19H27BClF2N. The standard InChI is InChI=1S/C19H27BClF2N/c1-12-13(20-10-16(2,3)17(4,5)11-20)7-14(21)15(24-12)18(6)8-19(22,23)9-18/h7H,8-11H2,1-6H3. The van der Waals surface area contributed by atoms with Gasteiger partial charge in [-0.2, -0.15) is 0 Å². The van der Waals surface area contributed by atoms with Crippen molar-refractivity contribution in [3.8, 4) is 0 Å². The number of rotatable bonds is 2. The molecule has 0 spiro atoms. The molecule has 24 heavy (non-hydrogen) atoms. The van der Waals surface area contributed by atoms with E-state index < -0.39 is 11.3 Å². The van der Waals surface area contributed by atoms with E-state index in [0.717, 1.165) is 18.3 Å². The Kier molecular flexibility index (Phi) is 3.93. The van der Waals surface area contributed by atoms with Crippen LogP contribution in [-0.4, -0.2) is 17.6 Å². The lowest BCUT2D eigenvalue weighted by molar-refractivity contribution is -0.122. The lowest BCUT2D eigenvalue weighted by atomic mass is 9.41. The molecule has 2 heterocycles. The van der Waals surface area contributed by atoms with E-state index >= 15 is 0 Å². The highest BCUT2D eigenvalue weighted by Crippen LogP contribution is 2.55. The third-order valence-electron chi connectivity index (χ3n) is 6.86. The highest BCUT2D eigenvalue weighted by atomic mass is 35.5. The van der Waals surface area contributed by atoms with Crippen molar-refractivity contribution in [2.24, 2.45) is 10.8 Å². The highest BCUT2D eigenvalue weighted by Gasteiger charge is 2.56. The molecule has 0 atom stereocenters. The van der Waals surface area contributed by atoms with Gasteiger partial charge in [0.1, 0.15) is 0 Å². The van der Waals surface area contributed by atoms with Crippen molar-refractivity contribution in [1.82, 2.24) is 4.98 Å². The summed E-state index contributed by atoms with van der Waals surface area (Å²) in [7, 11) is 0. The lowest BCUT2D eigenvalue weighted by Crippen LogP contribution is -2.48. The van der Waals surface area contributed by atoms with E-state index in [1.165, 1.54) is 5.46 Å². The molecule has 1 aromatic heterocycles. The van der Waals surface area contributed by atoms with Crippen molar-refractivity contribution in [3.05, 3.63) is 22.5 Å². The number of aromatic nitrogens is 1. The Bertz CT molecular complexity index is 660. The lowest BCUT2D eigenvalue weighted by Gasteiger charge is -2.44.